The lowest BCUT2D eigenvalue weighted by Gasteiger charge is -2.18. The smallest absolute Gasteiger partial charge is 0.282 e. The Balaban J connectivity index is 1.86. The summed E-state index contributed by atoms with van der Waals surface area (Å²) < 4.78 is 13.5. The number of rotatable bonds is 4. The van der Waals surface area contributed by atoms with Gasteiger partial charge in [0.15, 0.2) is 0 Å². The van der Waals surface area contributed by atoms with Crippen LogP contribution in [0.1, 0.15) is 27.8 Å². The number of hydrogen-bond donors (Lipinski definition) is 1. The van der Waals surface area contributed by atoms with Crippen molar-refractivity contribution in [3.05, 3.63) is 100.0 Å². The minimum atomic E-state index is -0.433. The molecule has 3 aromatic rings. The van der Waals surface area contributed by atoms with Gasteiger partial charge in [-0.2, -0.15) is 0 Å². The Labute approximate surface area is 181 Å². The first-order chi connectivity index (χ1) is 14.7. The Morgan fingerprint density at radius 2 is 1.39 bits per heavy atom. The van der Waals surface area contributed by atoms with Crippen LogP contribution < -0.4 is 10.2 Å². The molecule has 0 radical (unpaired) electrons. The van der Waals surface area contributed by atoms with Gasteiger partial charge in [-0.1, -0.05) is 30.3 Å². The van der Waals surface area contributed by atoms with Crippen molar-refractivity contribution in [2.75, 3.05) is 10.2 Å². The fourth-order valence-corrected chi connectivity index (χ4v) is 3.90. The van der Waals surface area contributed by atoms with E-state index in [0.717, 1.165) is 27.9 Å². The third-order valence-electron chi connectivity index (χ3n) is 5.31. The fourth-order valence-electron chi connectivity index (χ4n) is 3.90. The minimum absolute atomic E-state index is 0.183. The maximum Gasteiger partial charge on any atom is 0.282 e. The van der Waals surface area contributed by atoms with E-state index < -0.39 is 17.6 Å². The zero-order valence-corrected chi connectivity index (χ0v) is 17.9. The second-order valence-corrected chi connectivity index (χ2v) is 7.99. The number of benzene rings is 3. The molecule has 1 aliphatic rings. The molecule has 0 aromatic heterocycles. The van der Waals surface area contributed by atoms with Gasteiger partial charge >= 0.3 is 0 Å². The lowest BCUT2D eigenvalue weighted by molar-refractivity contribution is -0.120. The summed E-state index contributed by atoms with van der Waals surface area (Å²) in [6.07, 6.45) is 0. The molecule has 0 aliphatic carbocycles. The molecule has 0 unspecified atom stereocenters. The van der Waals surface area contributed by atoms with Gasteiger partial charge in [0.25, 0.3) is 11.8 Å². The van der Waals surface area contributed by atoms with Crippen molar-refractivity contribution in [2.24, 2.45) is 0 Å². The molecule has 156 valence electrons. The number of nitrogens with zero attached hydrogens (tertiary/aromatic N) is 1. The van der Waals surface area contributed by atoms with E-state index in [2.05, 4.69) is 5.32 Å². The van der Waals surface area contributed by atoms with E-state index in [1.54, 1.807) is 0 Å². The molecular weight excluding hydrogens is 391 g/mol. The van der Waals surface area contributed by atoms with Crippen LogP contribution in [0, 0.1) is 33.5 Å². The predicted octanol–water partition coefficient (Wildman–Crippen LogP) is 5.46. The molecule has 2 amide bonds. The molecule has 1 heterocycles. The van der Waals surface area contributed by atoms with Crippen molar-refractivity contribution in [3.8, 4) is 0 Å². The second kappa shape index (κ2) is 7.84. The fraction of sp³-hybridized carbons (Fsp3) is 0.154. The Morgan fingerprint density at radius 3 is 2.03 bits per heavy atom. The quantitative estimate of drug-likeness (QED) is 0.577. The highest BCUT2D eigenvalue weighted by Gasteiger charge is 2.40. The Hall–Kier alpha value is -3.73. The van der Waals surface area contributed by atoms with Crippen molar-refractivity contribution in [1.82, 2.24) is 0 Å². The second-order valence-electron chi connectivity index (χ2n) is 7.99. The number of anilines is 2. The molecule has 3 aromatic carbocycles. The van der Waals surface area contributed by atoms with Crippen LogP contribution in [0.5, 0.6) is 0 Å². The number of amides is 2. The van der Waals surface area contributed by atoms with Crippen LogP contribution in [0.25, 0.3) is 5.57 Å². The lowest BCUT2D eigenvalue weighted by atomic mass is 10.0. The summed E-state index contributed by atoms with van der Waals surface area (Å²) in [4.78, 5) is 28.2. The molecule has 0 atom stereocenters. The maximum atomic E-state index is 13.5. The monoisotopic (exact) mass is 414 g/mol. The van der Waals surface area contributed by atoms with Crippen LogP contribution >= 0.6 is 0 Å². The molecule has 0 saturated heterocycles. The molecule has 5 heteroatoms. The van der Waals surface area contributed by atoms with Gasteiger partial charge in [-0.25, -0.2) is 9.29 Å². The van der Waals surface area contributed by atoms with Gasteiger partial charge in [0.1, 0.15) is 11.5 Å². The Kier molecular flexibility index (Phi) is 5.19. The Bertz CT molecular complexity index is 1220. The SMILES string of the molecule is Cc1cc(C)cc(NC2=C(c3ccc(F)cc3)C(=O)N(c3cc(C)ccc3C)C2=O)c1. The van der Waals surface area contributed by atoms with Gasteiger partial charge in [0.2, 0.25) is 0 Å². The van der Waals surface area contributed by atoms with Gasteiger partial charge in [-0.15, -0.1) is 0 Å². The molecule has 4 rings (SSSR count). The van der Waals surface area contributed by atoms with Crippen LogP contribution in [-0.2, 0) is 9.59 Å². The average molecular weight is 414 g/mol. The van der Waals surface area contributed by atoms with Crippen LogP contribution in [-0.4, -0.2) is 11.8 Å². The average Bonchev–Trinajstić information content (AvgIpc) is 2.94. The molecule has 4 nitrogen and oxygen atoms in total. The highest BCUT2D eigenvalue weighted by atomic mass is 19.1. The number of carbonyl (C=O) groups excluding carboxylic acids is 2. The van der Waals surface area contributed by atoms with Crippen molar-refractivity contribution < 1.29 is 14.0 Å². The third-order valence-corrected chi connectivity index (χ3v) is 5.31. The Morgan fingerprint density at radius 1 is 0.742 bits per heavy atom. The van der Waals surface area contributed by atoms with Gasteiger partial charge < -0.3 is 5.32 Å². The molecule has 0 saturated carbocycles. The number of nitrogens with one attached hydrogen (secondary N) is 1. The molecule has 31 heavy (non-hydrogen) atoms. The van der Waals surface area contributed by atoms with E-state index in [1.807, 2.05) is 64.1 Å². The molecule has 1 N–H and O–H groups in total. The third kappa shape index (κ3) is 3.87. The van der Waals surface area contributed by atoms with Gasteiger partial charge in [-0.3, -0.25) is 9.59 Å². The first kappa shape index (κ1) is 20.5. The van der Waals surface area contributed by atoms with Crippen molar-refractivity contribution in [1.29, 1.82) is 0 Å². The molecule has 0 fully saturated rings. The molecule has 0 spiro atoms. The van der Waals surface area contributed by atoms with Crippen LogP contribution in [0.2, 0.25) is 0 Å². The molecular formula is C26H23FN2O2. The van der Waals surface area contributed by atoms with Crippen molar-refractivity contribution >= 4 is 28.8 Å². The summed E-state index contributed by atoms with van der Waals surface area (Å²) in [6, 6.07) is 17.1. The predicted molar refractivity (Wildman–Crippen MR) is 121 cm³/mol. The normalized spacial score (nSPS) is 13.9. The topological polar surface area (TPSA) is 49.4 Å². The minimum Gasteiger partial charge on any atom is -0.350 e. The standard InChI is InChI=1S/C26H23FN2O2/c1-15-5-6-18(4)22(14-15)29-25(30)23(19-7-9-20(27)10-8-19)24(26(29)31)28-21-12-16(2)11-17(3)13-21/h5-14,28H,1-4H3. The van der Waals surface area contributed by atoms with Crippen LogP contribution in [0.4, 0.5) is 15.8 Å². The van der Waals surface area contributed by atoms with E-state index in [1.165, 1.54) is 29.2 Å². The number of aryl methyl sites for hydroxylation is 4. The maximum absolute atomic E-state index is 13.5. The first-order valence-corrected chi connectivity index (χ1v) is 10.1. The zero-order valence-electron chi connectivity index (χ0n) is 17.9. The van der Waals surface area contributed by atoms with Crippen LogP contribution in [0.15, 0.2) is 66.4 Å². The number of imide groups is 1. The van der Waals surface area contributed by atoms with Gasteiger partial charge in [-0.05, 0) is 85.8 Å². The summed E-state index contributed by atoms with van der Waals surface area (Å²) in [5.41, 5.74) is 6.00. The number of hydrogen-bond acceptors (Lipinski definition) is 3. The van der Waals surface area contributed by atoms with Gasteiger partial charge in [0.05, 0.1) is 11.3 Å². The largest absolute Gasteiger partial charge is 0.350 e. The van der Waals surface area contributed by atoms with E-state index in [9.17, 15) is 14.0 Å². The van der Waals surface area contributed by atoms with Crippen LogP contribution in [0.3, 0.4) is 0 Å². The molecule has 0 bridgehead atoms. The summed E-state index contributed by atoms with van der Waals surface area (Å²) in [5.74, 6) is -1.27. The van der Waals surface area contributed by atoms with E-state index in [4.69, 9.17) is 0 Å². The summed E-state index contributed by atoms with van der Waals surface area (Å²) in [7, 11) is 0. The van der Waals surface area contributed by atoms with E-state index >= 15 is 0 Å². The lowest BCUT2D eigenvalue weighted by Crippen LogP contribution is -2.33. The van der Waals surface area contributed by atoms with Crippen molar-refractivity contribution in [3.63, 3.8) is 0 Å². The first-order valence-electron chi connectivity index (χ1n) is 10.1. The van der Waals surface area contributed by atoms with E-state index in [0.29, 0.717) is 11.3 Å². The number of carbonyl (C=O) groups is 2. The van der Waals surface area contributed by atoms with Crippen molar-refractivity contribution in [2.45, 2.75) is 27.7 Å². The summed E-state index contributed by atoms with van der Waals surface area (Å²) in [5, 5.41) is 3.17. The number of halogens is 1. The summed E-state index contributed by atoms with van der Waals surface area (Å²) in [6.45, 7) is 7.72. The zero-order chi connectivity index (χ0) is 22.3. The summed E-state index contributed by atoms with van der Waals surface area (Å²) >= 11 is 0. The highest BCUT2D eigenvalue weighted by molar-refractivity contribution is 6.46. The molecule has 1 aliphatic heterocycles. The van der Waals surface area contributed by atoms with E-state index in [-0.39, 0.29) is 11.3 Å². The van der Waals surface area contributed by atoms with Gasteiger partial charge in [0, 0.05) is 5.69 Å². The highest BCUT2D eigenvalue weighted by Crippen LogP contribution is 2.35.